The highest BCUT2D eigenvalue weighted by atomic mass is 35.5. The van der Waals surface area contributed by atoms with Crippen molar-refractivity contribution in [1.82, 2.24) is 19.7 Å². The first kappa shape index (κ1) is 21.0. The molecule has 0 aliphatic carbocycles. The van der Waals surface area contributed by atoms with Gasteiger partial charge in [-0.25, -0.2) is 9.78 Å². The smallest absolute Gasteiger partial charge is 0.364 e. The van der Waals surface area contributed by atoms with Crippen LogP contribution < -0.4 is 10.9 Å². The average molecular weight is 456 g/mol. The van der Waals surface area contributed by atoms with Gasteiger partial charge in [-0.1, -0.05) is 23.7 Å². The van der Waals surface area contributed by atoms with Gasteiger partial charge < -0.3 is 10.1 Å². The molecule has 0 fully saturated rings. The van der Waals surface area contributed by atoms with E-state index in [1.54, 1.807) is 42.5 Å². The SMILES string of the molecule is CCOC(=O)c1nnc(Nc2ccc3nc(C)sc3c2)n(Cc2ccc(Cl)cc2)c1=O. The molecule has 158 valence electrons. The molecule has 0 bridgehead atoms. The van der Waals surface area contributed by atoms with Crippen LogP contribution in [0.25, 0.3) is 10.2 Å². The lowest BCUT2D eigenvalue weighted by Crippen LogP contribution is -2.32. The molecule has 8 nitrogen and oxygen atoms in total. The number of carbonyl (C=O) groups is 1. The number of rotatable bonds is 6. The minimum Gasteiger partial charge on any atom is -0.461 e. The number of carbonyl (C=O) groups excluding carboxylic acids is 1. The van der Waals surface area contributed by atoms with E-state index in [1.165, 1.54) is 4.57 Å². The van der Waals surface area contributed by atoms with Crippen molar-refractivity contribution in [1.29, 1.82) is 0 Å². The topological polar surface area (TPSA) is 99.0 Å². The summed E-state index contributed by atoms with van der Waals surface area (Å²) in [5.74, 6) is -0.605. The summed E-state index contributed by atoms with van der Waals surface area (Å²) in [5, 5.41) is 12.6. The zero-order chi connectivity index (χ0) is 22.0. The van der Waals surface area contributed by atoms with Crippen LogP contribution in [0.3, 0.4) is 0 Å². The van der Waals surface area contributed by atoms with Crippen LogP contribution in [0.5, 0.6) is 0 Å². The third-order valence-electron chi connectivity index (χ3n) is 4.42. The molecule has 0 radical (unpaired) electrons. The maximum absolute atomic E-state index is 13.1. The van der Waals surface area contributed by atoms with Crippen molar-refractivity contribution in [2.24, 2.45) is 0 Å². The summed E-state index contributed by atoms with van der Waals surface area (Å²) in [6.07, 6.45) is 0. The minimum absolute atomic E-state index is 0.130. The molecule has 0 atom stereocenters. The van der Waals surface area contributed by atoms with Gasteiger partial charge in [0.15, 0.2) is 0 Å². The van der Waals surface area contributed by atoms with Crippen molar-refractivity contribution in [2.75, 3.05) is 11.9 Å². The number of thiazole rings is 1. The number of nitrogens with zero attached hydrogens (tertiary/aromatic N) is 4. The number of halogens is 1. The Bertz CT molecular complexity index is 1320. The van der Waals surface area contributed by atoms with E-state index in [-0.39, 0.29) is 24.8 Å². The lowest BCUT2D eigenvalue weighted by atomic mass is 10.2. The Balaban J connectivity index is 1.75. The zero-order valence-corrected chi connectivity index (χ0v) is 18.3. The summed E-state index contributed by atoms with van der Waals surface area (Å²) >= 11 is 7.54. The number of ether oxygens (including phenoxy) is 1. The number of hydrogen-bond acceptors (Lipinski definition) is 8. The largest absolute Gasteiger partial charge is 0.461 e. The Hall–Kier alpha value is -3.30. The number of hydrogen-bond donors (Lipinski definition) is 1. The van der Waals surface area contributed by atoms with Gasteiger partial charge in [0.05, 0.1) is 28.4 Å². The van der Waals surface area contributed by atoms with Crippen molar-refractivity contribution in [3.8, 4) is 0 Å². The number of aryl methyl sites for hydroxylation is 1. The van der Waals surface area contributed by atoms with Gasteiger partial charge in [-0.3, -0.25) is 9.36 Å². The second-order valence-electron chi connectivity index (χ2n) is 6.65. The summed E-state index contributed by atoms with van der Waals surface area (Å²) in [6, 6.07) is 12.7. The molecule has 4 rings (SSSR count). The molecule has 4 aromatic rings. The highest BCUT2D eigenvalue weighted by molar-refractivity contribution is 7.18. The molecule has 2 aromatic carbocycles. The van der Waals surface area contributed by atoms with Crippen LogP contribution in [0.1, 0.15) is 28.0 Å². The monoisotopic (exact) mass is 455 g/mol. The van der Waals surface area contributed by atoms with E-state index < -0.39 is 11.5 Å². The predicted octanol–water partition coefficient (Wildman–Crippen LogP) is 4.18. The van der Waals surface area contributed by atoms with E-state index in [4.69, 9.17) is 16.3 Å². The van der Waals surface area contributed by atoms with E-state index >= 15 is 0 Å². The maximum atomic E-state index is 13.1. The van der Waals surface area contributed by atoms with Crippen molar-refractivity contribution in [3.63, 3.8) is 0 Å². The normalized spacial score (nSPS) is 10.9. The minimum atomic E-state index is -0.807. The van der Waals surface area contributed by atoms with Gasteiger partial charge in [0.2, 0.25) is 11.6 Å². The molecule has 0 saturated carbocycles. The van der Waals surface area contributed by atoms with Crippen molar-refractivity contribution >= 4 is 50.8 Å². The molecule has 0 saturated heterocycles. The van der Waals surface area contributed by atoms with Gasteiger partial charge >= 0.3 is 5.97 Å². The molecule has 2 aromatic heterocycles. The molecule has 0 amide bonds. The molecular formula is C21H18ClN5O3S. The Morgan fingerprint density at radius 2 is 1.97 bits per heavy atom. The van der Waals surface area contributed by atoms with Gasteiger partial charge in [0, 0.05) is 10.7 Å². The second-order valence-corrected chi connectivity index (χ2v) is 8.32. The van der Waals surface area contributed by atoms with Crippen LogP contribution in [-0.2, 0) is 11.3 Å². The molecule has 0 aliphatic rings. The Labute approximate surface area is 186 Å². The average Bonchev–Trinajstić information content (AvgIpc) is 3.11. The second kappa shape index (κ2) is 8.83. The Kier molecular flexibility index (Phi) is 5.97. The molecule has 31 heavy (non-hydrogen) atoms. The van der Waals surface area contributed by atoms with Crippen LogP contribution in [-0.4, -0.2) is 32.3 Å². The molecule has 0 spiro atoms. The number of aromatic nitrogens is 4. The van der Waals surface area contributed by atoms with Gasteiger partial charge in [-0.05, 0) is 49.7 Å². The standard InChI is InChI=1S/C21H18ClN5O3S/c1-3-30-20(29)18-19(28)27(11-13-4-6-14(22)7-5-13)21(26-25-18)24-15-8-9-16-17(10-15)31-12(2)23-16/h4-10H,3,11H2,1-2H3,(H,24,26). The molecule has 1 N–H and O–H groups in total. The Morgan fingerprint density at radius 1 is 1.19 bits per heavy atom. The van der Waals surface area contributed by atoms with Crippen molar-refractivity contribution < 1.29 is 9.53 Å². The van der Waals surface area contributed by atoms with E-state index in [9.17, 15) is 9.59 Å². The number of nitrogens with one attached hydrogen (secondary N) is 1. The molecule has 2 heterocycles. The van der Waals surface area contributed by atoms with Crippen LogP contribution in [0, 0.1) is 6.92 Å². The third-order valence-corrected chi connectivity index (χ3v) is 5.61. The zero-order valence-electron chi connectivity index (χ0n) is 16.8. The predicted molar refractivity (Wildman–Crippen MR) is 120 cm³/mol. The fourth-order valence-corrected chi connectivity index (χ4v) is 4.00. The lowest BCUT2D eigenvalue weighted by molar-refractivity contribution is 0.0514. The van der Waals surface area contributed by atoms with E-state index in [0.29, 0.717) is 5.02 Å². The summed E-state index contributed by atoms with van der Waals surface area (Å²) in [6.45, 7) is 3.90. The number of anilines is 2. The summed E-state index contributed by atoms with van der Waals surface area (Å²) in [5.41, 5.74) is 1.47. The van der Waals surface area contributed by atoms with Crippen molar-refractivity contribution in [3.05, 3.63) is 74.1 Å². The molecule has 0 unspecified atom stereocenters. The van der Waals surface area contributed by atoms with E-state index in [2.05, 4.69) is 20.5 Å². The molecular weight excluding hydrogens is 438 g/mol. The van der Waals surface area contributed by atoms with E-state index in [1.807, 2.05) is 25.1 Å². The van der Waals surface area contributed by atoms with Crippen LogP contribution in [0.4, 0.5) is 11.6 Å². The number of fused-ring (bicyclic) bond motifs is 1. The van der Waals surface area contributed by atoms with E-state index in [0.717, 1.165) is 26.5 Å². The molecule has 10 heteroatoms. The van der Waals surface area contributed by atoms with Crippen LogP contribution >= 0.6 is 22.9 Å². The fourth-order valence-electron chi connectivity index (χ4n) is 3.00. The lowest BCUT2D eigenvalue weighted by Gasteiger charge is -2.14. The first-order valence-corrected chi connectivity index (χ1v) is 10.7. The van der Waals surface area contributed by atoms with Gasteiger partial charge in [-0.15, -0.1) is 21.5 Å². The van der Waals surface area contributed by atoms with Gasteiger partial charge in [0.25, 0.3) is 5.56 Å². The third kappa shape index (κ3) is 4.57. The highest BCUT2D eigenvalue weighted by Gasteiger charge is 2.20. The quantitative estimate of drug-likeness (QED) is 0.435. The Morgan fingerprint density at radius 3 is 2.71 bits per heavy atom. The fraction of sp³-hybridized carbons (Fsp3) is 0.190. The number of esters is 1. The first-order chi connectivity index (χ1) is 14.9. The van der Waals surface area contributed by atoms with Crippen molar-refractivity contribution in [2.45, 2.75) is 20.4 Å². The van der Waals surface area contributed by atoms with Gasteiger partial charge in [0.1, 0.15) is 0 Å². The number of benzene rings is 2. The van der Waals surface area contributed by atoms with Crippen LogP contribution in [0.2, 0.25) is 5.02 Å². The first-order valence-electron chi connectivity index (χ1n) is 9.48. The maximum Gasteiger partial charge on any atom is 0.364 e. The highest BCUT2D eigenvalue weighted by Crippen LogP contribution is 2.26. The summed E-state index contributed by atoms with van der Waals surface area (Å²) in [7, 11) is 0. The van der Waals surface area contributed by atoms with Gasteiger partial charge in [-0.2, -0.15) is 0 Å². The molecule has 0 aliphatic heterocycles. The van der Waals surface area contributed by atoms with Crippen LogP contribution in [0.15, 0.2) is 47.3 Å². The summed E-state index contributed by atoms with van der Waals surface area (Å²) < 4.78 is 7.30. The summed E-state index contributed by atoms with van der Waals surface area (Å²) in [4.78, 5) is 29.7.